The Balaban J connectivity index is -0.000000720. The molecule has 0 aromatic rings. The summed E-state index contributed by atoms with van der Waals surface area (Å²) in [5.41, 5.74) is -1.04. The molecule has 0 heterocycles. The van der Waals surface area contributed by atoms with Gasteiger partial charge < -0.3 is 10.2 Å². The Morgan fingerprint density at radius 2 is 1.80 bits per heavy atom. The van der Waals surface area contributed by atoms with E-state index in [1.165, 1.54) is 0 Å². The van der Waals surface area contributed by atoms with Gasteiger partial charge in [0.1, 0.15) is 11.8 Å². The van der Waals surface area contributed by atoms with E-state index >= 15 is 0 Å². The Kier molecular flexibility index (Phi) is 13.6. The van der Waals surface area contributed by atoms with Crippen molar-refractivity contribution in [3.8, 4) is 0 Å². The molecule has 0 fully saturated rings. The zero-order valence-electron chi connectivity index (χ0n) is 8.66. The number of carboxylic acid groups (broad SMARTS) is 1. The van der Waals surface area contributed by atoms with Crippen LogP contribution in [0.25, 0.3) is 0 Å². The Bertz CT molecular complexity index is 190. The van der Waals surface area contributed by atoms with E-state index in [1.54, 1.807) is 13.8 Å². The summed E-state index contributed by atoms with van der Waals surface area (Å²) < 4.78 is 0. The van der Waals surface area contributed by atoms with E-state index in [0.29, 0.717) is 6.42 Å². The van der Waals surface area contributed by atoms with Gasteiger partial charge in [-0.1, -0.05) is 20.8 Å². The molecule has 0 amide bonds. The van der Waals surface area contributed by atoms with Crippen molar-refractivity contribution in [3.05, 3.63) is 0 Å². The van der Waals surface area contributed by atoms with Gasteiger partial charge in [-0.15, -0.1) is 0 Å². The van der Waals surface area contributed by atoms with E-state index in [1.807, 2.05) is 13.8 Å². The van der Waals surface area contributed by atoms with Crippen LogP contribution in [0.2, 0.25) is 0 Å². The van der Waals surface area contributed by atoms with Gasteiger partial charge in [0, 0.05) is 0 Å². The van der Waals surface area contributed by atoms with Gasteiger partial charge in [-0.25, -0.2) is 0 Å². The number of hydrogen-bond donors (Lipinski definition) is 3. The molecule has 0 radical (unpaired) electrons. The van der Waals surface area contributed by atoms with Gasteiger partial charge in [0.15, 0.2) is 0 Å². The van der Waals surface area contributed by atoms with Gasteiger partial charge in [0.05, 0.1) is 0 Å². The van der Waals surface area contributed by atoms with Gasteiger partial charge in [-0.2, -0.15) is 0 Å². The van der Waals surface area contributed by atoms with Crippen molar-refractivity contribution in [2.24, 2.45) is 5.92 Å². The number of hydrogen-bond acceptors (Lipinski definition) is 3. The average molecular weight is 237 g/mol. The molecule has 0 saturated heterocycles. The van der Waals surface area contributed by atoms with Crippen molar-refractivity contribution in [2.75, 3.05) is 0 Å². The van der Waals surface area contributed by atoms with Crippen molar-refractivity contribution >= 4 is 65.1 Å². The van der Waals surface area contributed by atoms with Crippen LogP contribution in [-0.4, -0.2) is 87.1 Å². The van der Waals surface area contributed by atoms with Gasteiger partial charge in [0.25, 0.3) is 0 Å². The summed E-state index contributed by atoms with van der Waals surface area (Å²) in [6.07, 6.45) is -0.340. The SMILES string of the molecule is CCC(C)(NC(O)C(C)C)C(=O)O.[NaH].[NaH]. The molecule has 2 atom stereocenters. The molecule has 6 heteroatoms. The molecule has 0 aromatic heterocycles. The number of carbonyl (C=O) groups is 1. The molecule has 0 aromatic carbocycles. The first-order valence-corrected chi connectivity index (χ1v) is 4.52. The second-order valence-corrected chi connectivity index (χ2v) is 3.82. The molecule has 0 bridgehead atoms. The Morgan fingerprint density at radius 1 is 1.40 bits per heavy atom. The van der Waals surface area contributed by atoms with Gasteiger partial charge in [-0.3, -0.25) is 10.1 Å². The Hall–Kier alpha value is 1.39. The molecule has 0 aliphatic rings. The normalized spacial score (nSPS) is 15.9. The summed E-state index contributed by atoms with van der Waals surface area (Å²) in [5, 5.41) is 21.1. The first-order valence-electron chi connectivity index (χ1n) is 4.52. The average Bonchev–Trinajstić information content (AvgIpc) is 2.03. The molecule has 82 valence electrons. The second-order valence-electron chi connectivity index (χ2n) is 3.82. The van der Waals surface area contributed by atoms with Crippen molar-refractivity contribution in [2.45, 2.75) is 45.9 Å². The van der Waals surface area contributed by atoms with E-state index in [2.05, 4.69) is 5.32 Å². The Labute approximate surface area is 136 Å². The van der Waals surface area contributed by atoms with E-state index in [4.69, 9.17) is 5.11 Å². The number of aliphatic hydroxyl groups is 1. The second kappa shape index (κ2) is 9.42. The minimum atomic E-state index is -1.04. The number of rotatable bonds is 5. The van der Waals surface area contributed by atoms with Crippen LogP contribution in [0.15, 0.2) is 0 Å². The third kappa shape index (κ3) is 7.34. The standard InChI is InChI=1S/C9H19NO3.2Na.2H/c1-5-9(4,8(12)13)10-7(11)6(2)3;;;;/h6-7,10-11H,5H2,1-4H3,(H,12,13);;;;. The molecular weight excluding hydrogens is 216 g/mol. The molecule has 0 aliphatic heterocycles. The first-order chi connectivity index (χ1) is 5.83. The predicted molar refractivity (Wildman–Crippen MR) is 64.6 cm³/mol. The maximum atomic E-state index is 10.8. The van der Waals surface area contributed by atoms with Crippen LogP contribution in [0.5, 0.6) is 0 Å². The number of nitrogens with one attached hydrogen (secondary N) is 1. The Morgan fingerprint density at radius 3 is 2.00 bits per heavy atom. The van der Waals surface area contributed by atoms with Crippen LogP contribution < -0.4 is 5.32 Å². The van der Waals surface area contributed by atoms with Crippen LogP contribution >= 0.6 is 0 Å². The fraction of sp³-hybridized carbons (Fsp3) is 0.889. The predicted octanol–water partition coefficient (Wildman–Crippen LogP) is -0.493. The summed E-state index contributed by atoms with van der Waals surface area (Å²) in [7, 11) is 0. The zero-order valence-corrected chi connectivity index (χ0v) is 8.66. The van der Waals surface area contributed by atoms with Crippen molar-refractivity contribution < 1.29 is 15.0 Å². The molecule has 0 aliphatic carbocycles. The van der Waals surface area contributed by atoms with E-state index in [0.717, 1.165) is 0 Å². The molecule has 0 saturated carbocycles. The van der Waals surface area contributed by atoms with E-state index in [9.17, 15) is 9.90 Å². The third-order valence-electron chi connectivity index (χ3n) is 2.28. The van der Waals surface area contributed by atoms with Crippen molar-refractivity contribution in [1.29, 1.82) is 0 Å². The minimum absolute atomic E-state index is 0. The van der Waals surface area contributed by atoms with E-state index in [-0.39, 0.29) is 65.0 Å². The molecule has 2 unspecified atom stereocenters. The van der Waals surface area contributed by atoms with Crippen LogP contribution in [-0.2, 0) is 4.79 Å². The molecule has 15 heavy (non-hydrogen) atoms. The molecule has 0 spiro atoms. The number of aliphatic carboxylic acids is 1. The van der Waals surface area contributed by atoms with Crippen LogP contribution in [0.1, 0.15) is 34.1 Å². The monoisotopic (exact) mass is 237 g/mol. The van der Waals surface area contributed by atoms with Crippen LogP contribution in [0.4, 0.5) is 0 Å². The topological polar surface area (TPSA) is 69.6 Å². The van der Waals surface area contributed by atoms with E-state index < -0.39 is 17.7 Å². The third-order valence-corrected chi connectivity index (χ3v) is 2.28. The molecule has 0 rings (SSSR count). The van der Waals surface area contributed by atoms with Gasteiger partial charge in [0.2, 0.25) is 0 Å². The summed E-state index contributed by atoms with van der Waals surface area (Å²) in [5.74, 6) is -0.931. The van der Waals surface area contributed by atoms with Crippen molar-refractivity contribution in [3.63, 3.8) is 0 Å². The summed E-state index contributed by atoms with van der Waals surface area (Å²) in [6, 6.07) is 0. The number of aliphatic hydroxyl groups excluding tert-OH is 1. The number of carboxylic acids is 1. The quantitative estimate of drug-likeness (QED) is 0.445. The van der Waals surface area contributed by atoms with Crippen LogP contribution in [0.3, 0.4) is 0 Å². The van der Waals surface area contributed by atoms with Gasteiger partial charge in [-0.05, 0) is 19.3 Å². The summed E-state index contributed by atoms with van der Waals surface area (Å²) in [4.78, 5) is 10.8. The zero-order chi connectivity index (χ0) is 10.6. The maximum absolute atomic E-state index is 10.8. The summed E-state index contributed by atoms with van der Waals surface area (Å²) >= 11 is 0. The van der Waals surface area contributed by atoms with Crippen molar-refractivity contribution in [1.82, 2.24) is 5.32 Å². The molecule has 3 N–H and O–H groups in total. The summed E-state index contributed by atoms with van der Waals surface area (Å²) in [6.45, 7) is 7.00. The molecule has 4 nitrogen and oxygen atoms in total. The van der Waals surface area contributed by atoms with Gasteiger partial charge >= 0.3 is 65.1 Å². The fourth-order valence-electron chi connectivity index (χ4n) is 0.808. The first kappa shape index (κ1) is 21.7. The molecular formula is C9H21NNa2O3. The van der Waals surface area contributed by atoms with Crippen LogP contribution in [0, 0.1) is 5.92 Å². The fourth-order valence-corrected chi connectivity index (χ4v) is 0.808.